The van der Waals surface area contributed by atoms with Crippen molar-refractivity contribution in [2.45, 2.75) is 25.3 Å². The highest BCUT2D eigenvalue weighted by molar-refractivity contribution is 6.25. The van der Waals surface area contributed by atoms with Crippen LogP contribution in [0.2, 0.25) is 0 Å². The van der Waals surface area contributed by atoms with Crippen LogP contribution < -0.4 is 10.5 Å². The van der Waals surface area contributed by atoms with Gasteiger partial charge < -0.3 is 10.5 Å². The second-order valence-electron chi connectivity index (χ2n) is 4.03. The first-order valence-electron chi connectivity index (χ1n) is 5.57. The van der Waals surface area contributed by atoms with Gasteiger partial charge in [0.2, 0.25) is 0 Å². The lowest BCUT2D eigenvalue weighted by Crippen LogP contribution is -2.17. The van der Waals surface area contributed by atoms with Gasteiger partial charge in [-0.1, -0.05) is 17.7 Å². The molecule has 2 nitrogen and oxygen atoms in total. The van der Waals surface area contributed by atoms with E-state index in [1.807, 2.05) is 6.07 Å². The van der Waals surface area contributed by atoms with Crippen molar-refractivity contribution in [1.82, 2.24) is 0 Å². The van der Waals surface area contributed by atoms with Crippen molar-refractivity contribution in [2.75, 3.05) is 6.61 Å². The minimum absolute atomic E-state index is 0.163. The van der Waals surface area contributed by atoms with Gasteiger partial charge in [-0.25, -0.2) is 0 Å². The summed E-state index contributed by atoms with van der Waals surface area (Å²) in [6.45, 7) is 0.498. The second kappa shape index (κ2) is 5.37. The fourth-order valence-electron chi connectivity index (χ4n) is 2.08. The zero-order chi connectivity index (χ0) is 11.4. The standard InChI is InChI=1S/C13H16ClNO/c14-7-2-8-16-11-6-5-10-3-1-4-13(15)12(10)9-11/h2,5-7,9,13H,1,3-4,8,15H2/b7-2+/t13-/m1/s1. The zero-order valence-corrected chi connectivity index (χ0v) is 9.91. The van der Waals surface area contributed by atoms with Gasteiger partial charge in [0.15, 0.2) is 0 Å². The smallest absolute Gasteiger partial charge is 0.120 e. The maximum Gasteiger partial charge on any atom is 0.120 e. The molecule has 16 heavy (non-hydrogen) atoms. The summed E-state index contributed by atoms with van der Waals surface area (Å²) in [6.07, 6.45) is 5.15. The van der Waals surface area contributed by atoms with Gasteiger partial charge in [-0.2, -0.15) is 0 Å². The van der Waals surface area contributed by atoms with Gasteiger partial charge >= 0.3 is 0 Å². The van der Waals surface area contributed by atoms with Crippen LogP contribution in [0.3, 0.4) is 0 Å². The van der Waals surface area contributed by atoms with Crippen LogP contribution >= 0.6 is 11.6 Å². The summed E-state index contributed by atoms with van der Waals surface area (Å²) in [5.41, 5.74) is 10.1. The molecule has 0 amide bonds. The molecule has 1 atom stereocenters. The third kappa shape index (κ3) is 2.57. The number of ether oxygens (including phenoxy) is 1. The molecule has 0 aliphatic heterocycles. The van der Waals surface area contributed by atoms with Gasteiger partial charge in [-0.3, -0.25) is 0 Å². The molecule has 0 fully saturated rings. The van der Waals surface area contributed by atoms with Crippen molar-refractivity contribution in [3.8, 4) is 5.75 Å². The van der Waals surface area contributed by atoms with Gasteiger partial charge in [0.25, 0.3) is 0 Å². The molecule has 0 unspecified atom stereocenters. The van der Waals surface area contributed by atoms with Gasteiger partial charge in [0.1, 0.15) is 12.4 Å². The molecular weight excluding hydrogens is 222 g/mol. The Morgan fingerprint density at radius 1 is 1.50 bits per heavy atom. The quantitative estimate of drug-likeness (QED) is 0.877. The molecule has 2 N–H and O–H groups in total. The summed E-state index contributed by atoms with van der Waals surface area (Å²) < 4.78 is 5.53. The van der Waals surface area contributed by atoms with E-state index in [1.54, 1.807) is 6.08 Å². The molecule has 0 saturated carbocycles. The Labute approximate surface area is 101 Å². The third-order valence-corrected chi connectivity index (χ3v) is 3.09. The van der Waals surface area contributed by atoms with Gasteiger partial charge in [-0.05, 0) is 48.6 Å². The minimum atomic E-state index is 0.163. The van der Waals surface area contributed by atoms with Crippen molar-refractivity contribution in [3.63, 3.8) is 0 Å². The molecule has 86 valence electrons. The predicted molar refractivity (Wildman–Crippen MR) is 66.8 cm³/mol. The minimum Gasteiger partial charge on any atom is -0.489 e. The van der Waals surface area contributed by atoms with E-state index in [2.05, 4.69) is 12.1 Å². The van der Waals surface area contributed by atoms with Crippen molar-refractivity contribution in [3.05, 3.63) is 40.9 Å². The van der Waals surface area contributed by atoms with E-state index < -0.39 is 0 Å². The molecule has 0 bridgehead atoms. The highest BCUT2D eigenvalue weighted by Gasteiger charge is 2.16. The first-order valence-corrected chi connectivity index (χ1v) is 6.01. The number of nitrogens with two attached hydrogens (primary N) is 1. The zero-order valence-electron chi connectivity index (χ0n) is 9.16. The second-order valence-corrected chi connectivity index (χ2v) is 4.28. The molecule has 1 aliphatic carbocycles. The topological polar surface area (TPSA) is 35.2 Å². The Balaban J connectivity index is 2.14. The molecule has 0 saturated heterocycles. The number of hydrogen-bond donors (Lipinski definition) is 1. The lowest BCUT2D eigenvalue weighted by molar-refractivity contribution is 0.361. The van der Waals surface area contributed by atoms with E-state index in [4.69, 9.17) is 22.1 Å². The van der Waals surface area contributed by atoms with Crippen LogP contribution in [-0.4, -0.2) is 6.61 Å². The average Bonchev–Trinajstić information content (AvgIpc) is 2.30. The molecule has 3 heteroatoms. The summed E-state index contributed by atoms with van der Waals surface area (Å²) in [5, 5.41) is 0. The SMILES string of the molecule is N[C@@H]1CCCc2ccc(OC/C=C/Cl)cc21. The number of rotatable bonds is 3. The molecule has 1 aromatic carbocycles. The first-order chi connectivity index (χ1) is 7.81. The lowest BCUT2D eigenvalue weighted by atomic mass is 9.88. The van der Waals surface area contributed by atoms with E-state index in [-0.39, 0.29) is 6.04 Å². The average molecular weight is 238 g/mol. The third-order valence-electron chi connectivity index (χ3n) is 2.91. The van der Waals surface area contributed by atoms with Crippen LogP contribution in [0.1, 0.15) is 30.0 Å². The van der Waals surface area contributed by atoms with Crippen LogP contribution in [0, 0.1) is 0 Å². The molecule has 0 aromatic heterocycles. The molecule has 1 aliphatic rings. The normalized spacial score (nSPS) is 19.8. The summed E-state index contributed by atoms with van der Waals surface area (Å²) in [6, 6.07) is 6.34. The van der Waals surface area contributed by atoms with Crippen molar-refractivity contribution in [2.24, 2.45) is 5.73 Å². The van der Waals surface area contributed by atoms with E-state index in [0.717, 1.165) is 18.6 Å². The monoisotopic (exact) mass is 237 g/mol. The molecule has 2 rings (SSSR count). The van der Waals surface area contributed by atoms with Crippen molar-refractivity contribution in [1.29, 1.82) is 0 Å². The van der Waals surface area contributed by atoms with E-state index >= 15 is 0 Å². The van der Waals surface area contributed by atoms with Gasteiger partial charge in [-0.15, -0.1) is 0 Å². The Bertz CT molecular complexity index is 390. The molecular formula is C13H16ClNO. The number of benzene rings is 1. The highest BCUT2D eigenvalue weighted by atomic mass is 35.5. The maximum absolute atomic E-state index is 6.08. The van der Waals surface area contributed by atoms with E-state index in [9.17, 15) is 0 Å². The molecule has 0 spiro atoms. The Hall–Kier alpha value is -0.990. The summed E-state index contributed by atoms with van der Waals surface area (Å²) >= 11 is 5.43. The number of halogens is 1. The van der Waals surface area contributed by atoms with Crippen LogP contribution in [0.4, 0.5) is 0 Å². The Kier molecular flexibility index (Phi) is 3.86. The Morgan fingerprint density at radius 2 is 2.38 bits per heavy atom. The van der Waals surface area contributed by atoms with E-state index in [1.165, 1.54) is 23.1 Å². The van der Waals surface area contributed by atoms with Crippen LogP contribution in [-0.2, 0) is 6.42 Å². The summed E-state index contributed by atoms with van der Waals surface area (Å²) in [7, 11) is 0. The van der Waals surface area contributed by atoms with Crippen LogP contribution in [0.25, 0.3) is 0 Å². The van der Waals surface area contributed by atoms with Crippen molar-refractivity contribution < 1.29 is 4.74 Å². The summed E-state index contributed by atoms with van der Waals surface area (Å²) in [4.78, 5) is 0. The van der Waals surface area contributed by atoms with E-state index in [0.29, 0.717) is 6.61 Å². The number of aryl methyl sites for hydroxylation is 1. The molecule has 1 aromatic rings. The molecule has 0 heterocycles. The Morgan fingerprint density at radius 3 is 3.19 bits per heavy atom. The predicted octanol–water partition coefficient (Wildman–Crippen LogP) is 3.15. The lowest BCUT2D eigenvalue weighted by Gasteiger charge is -2.22. The fraction of sp³-hybridized carbons (Fsp3) is 0.385. The fourth-order valence-corrected chi connectivity index (χ4v) is 2.16. The highest BCUT2D eigenvalue weighted by Crippen LogP contribution is 2.30. The number of fused-ring (bicyclic) bond motifs is 1. The van der Waals surface area contributed by atoms with Gasteiger partial charge in [0.05, 0.1) is 0 Å². The molecule has 0 radical (unpaired) electrons. The summed E-state index contributed by atoms with van der Waals surface area (Å²) in [5.74, 6) is 0.867. The number of hydrogen-bond acceptors (Lipinski definition) is 2. The maximum atomic E-state index is 6.08. The van der Waals surface area contributed by atoms with Gasteiger partial charge in [0, 0.05) is 11.6 Å². The largest absolute Gasteiger partial charge is 0.489 e. The first kappa shape index (κ1) is 11.5. The van der Waals surface area contributed by atoms with Crippen molar-refractivity contribution >= 4 is 11.6 Å². The van der Waals surface area contributed by atoms with Crippen LogP contribution in [0.15, 0.2) is 29.8 Å². The van der Waals surface area contributed by atoms with Crippen LogP contribution in [0.5, 0.6) is 5.75 Å².